The van der Waals surface area contributed by atoms with Gasteiger partial charge in [0.1, 0.15) is 11.8 Å². The van der Waals surface area contributed by atoms with Crippen LogP contribution in [-0.4, -0.2) is 21.9 Å². The average molecular weight is 303 g/mol. The van der Waals surface area contributed by atoms with Crippen LogP contribution in [-0.2, 0) is 6.61 Å². The molecule has 2 aromatic rings. The lowest BCUT2D eigenvalue weighted by Gasteiger charge is -2.14. The number of rotatable bonds is 7. The van der Waals surface area contributed by atoms with Crippen molar-refractivity contribution in [1.82, 2.24) is 10.1 Å². The molecular weight excluding hydrogens is 282 g/mol. The van der Waals surface area contributed by atoms with Crippen LogP contribution >= 0.6 is 0 Å². The Morgan fingerprint density at radius 3 is 2.95 bits per heavy atom. The van der Waals surface area contributed by atoms with Gasteiger partial charge >= 0.3 is 0 Å². The number of aromatic nitrogens is 2. The van der Waals surface area contributed by atoms with Crippen LogP contribution in [0.1, 0.15) is 55.9 Å². The van der Waals surface area contributed by atoms with Crippen molar-refractivity contribution in [2.75, 3.05) is 11.9 Å². The zero-order valence-electron chi connectivity index (χ0n) is 12.9. The summed E-state index contributed by atoms with van der Waals surface area (Å²) in [5.74, 6) is 2.58. The van der Waals surface area contributed by atoms with E-state index in [1.165, 1.54) is 0 Å². The molecule has 1 unspecified atom stereocenters. The molecule has 1 aliphatic carbocycles. The van der Waals surface area contributed by atoms with Crippen molar-refractivity contribution >= 4 is 5.69 Å². The van der Waals surface area contributed by atoms with E-state index in [9.17, 15) is 5.11 Å². The lowest BCUT2D eigenvalue weighted by atomic mass is 10.1. The van der Waals surface area contributed by atoms with Crippen LogP contribution in [0.15, 0.2) is 22.7 Å². The predicted molar refractivity (Wildman–Crippen MR) is 81.8 cm³/mol. The van der Waals surface area contributed by atoms with Crippen LogP contribution in [0.5, 0.6) is 5.75 Å². The fourth-order valence-corrected chi connectivity index (χ4v) is 2.33. The first-order valence-electron chi connectivity index (χ1n) is 7.68. The van der Waals surface area contributed by atoms with Gasteiger partial charge in [0.15, 0.2) is 5.82 Å². The third kappa shape index (κ3) is 3.22. The highest BCUT2D eigenvalue weighted by molar-refractivity contribution is 5.51. The van der Waals surface area contributed by atoms with Crippen molar-refractivity contribution < 1.29 is 14.4 Å². The maximum Gasteiger partial charge on any atom is 0.248 e. The second-order valence-electron chi connectivity index (χ2n) is 5.54. The molecule has 6 heteroatoms. The van der Waals surface area contributed by atoms with Crippen LogP contribution in [0.4, 0.5) is 5.69 Å². The summed E-state index contributed by atoms with van der Waals surface area (Å²) in [4.78, 5) is 4.44. The van der Waals surface area contributed by atoms with Gasteiger partial charge in [-0.15, -0.1) is 0 Å². The highest BCUT2D eigenvalue weighted by Crippen LogP contribution is 2.38. The number of aliphatic hydroxyl groups is 1. The largest absolute Gasteiger partial charge is 0.494 e. The van der Waals surface area contributed by atoms with Gasteiger partial charge in [-0.25, -0.2) is 0 Å². The average Bonchev–Trinajstić information content (AvgIpc) is 3.26. The molecule has 1 heterocycles. The molecule has 1 aromatic heterocycles. The van der Waals surface area contributed by atoms with Gasteiger partial charge in [0.25, 0.3) is 0 Å². The van der Waals surface area contributed by atoms with Crippen LogP contribution in [0.2, 0.25) is 0 Å². The van der Waals surface area contributed by atoms with Gasteiger partial charge in [0.05, 0.1) is 13.2 Å². The topological polar surface area (TPSA) is 80.4 Å². The van der Waals surface area contributed by atoms with Gasteiger partial charge < -0.3 is 19.7 Å². The highest BCUT2D eigenvalue weighted by atomic mass is 16.5. The third-order valence-corrected chi connectivity index (χ3v) is 3.68. The van der Waals surface area contributed by atoms with E-state index in [1.54, 1.807) is 0 Å². The van der Waals surface area contributed by atoms with Gasteiger partial charge in [0, 0.05) is 17.2 Å². The number of nitrogens with one attached hydrogen (secondary N) is 1. The second-order valence-corrected chi connectivity index (χ2v) is 5.54. The van der Waals surface area contributed by atoms with Crippen molar-refractivity contribution in [3.05, 3.63) is 35.5 Å². The molecule has 0 radical (unpaired) electrons. The Hall–Kier alpha value is -2.08. The Labute approximate surface area is 129 Å². The summed E-state index contributed by atoms with van der Waals surface area (Å²) in [6.45, 7) is 4.40. The minimum Gasteiger partial charge on any atom is -0.494 e. The van der Waals surface area contributed by atoms with Crippen LogP contribution in [0.25, 0.3) is 0 Å². The molecule has 0 spiro atoms. The zero-order valence-corrected chi connectivity index (χ0v) is 12.9. The van der Waals surface area contributed by atoms with E-state index in [0.29, 0.717) is 24.2 Å². The first-order chi connectivity index (χ1) is 10.7. The summed E-state index contributed by atoms with van der Waals surface area (Å²) >= 11 is 0. The standard InChI is InChI=1S/C16H21N3O3/c1-3-21-14-7-6-13(8-12(14)9-20)17-10(2)16-18-15(19-22-16)11-4-5-11/h6-8,10-11,17,20H,3-5,9H2,1-2H3. The Kier molecular flexibility index (Phi) is 4.29. The molecule has 0 amide bonds. The number of hydrogen-bond acceptors (Lipinski definition) is 6. The molecular formula is C16H21N3O3. The van der Waals surface area contributed by atoms with E-state index >= 15 is 0 Å². The number of ether oxygens (including phenoxy) is 1. The molecule has 118 valence electrons. The number of aliphatic hydroxyl groups excluding tert-OH is 1. The van der Waals surface area contributed by atoms with E-state index in [-0.39, 0.29) is 12.6 Å². The summed E-state index contributed by atoms with van der Waals surface area (Å²) in [5.41, 5.74) is 1.63. The summed E-state index contributed by atoms with van der Waals surface area (Å²) in [7, 11) is 0. The molecule has 6 nitrogen and oxygen atoms in total. The zero-order chi connectivity index (χ0) is 15.5. The molecule has 0 bridgehead atoms. The number of benzene rings is 1. The first kappa shape index (κ1) is 14.8. The molecule has 3 rings (SSSR count). The van der Waals surface area contributed by atoms with Crippen molar-refractivity contribution in [1.29, 1.82) is 0 Å². The Balaban J connectivity index is 1.70. The lowest BCUT2D eigenvalue weighted by molar-refractivity contribution is 0.267. The Bertz CT molecular complexity index is 637. The van der Waals surface area contributed by atoms with Crippen molar-refractivity contribution in [3.8, 4) is 5.75 Å². The molecule has 22 heavy (non-hydrogen) atoms. The van der Waals surface area contributed by atoms with E-state index in [2.05, 4.69) is 15.5 Å². The Morgan fingerprint density at radius 1 is 1.45 bits per heavy atom. The summed E-state index contributed by atoms with van der Waals surface area (Å²) in [6.07, 6.45) is 2.30. The van der Waals surface area contributed by atoms with Gasteiger partial charge in [-0.3, -0.25) is 0 Å². The molecule has 2 N–H and O–H groups in total. The van der Waals surface area contributed by atoms with E-state index in [1.807, 2.05) is 32.0 Å². The van der Waals surface area contributed by atoms with E-state index in [0.717, 1.165) is 29.9 Å². The number of hydrogen-bond donors (Lipinski definition) is 2. The normalized spacial score (nSPS) is 15.6. The summed E-state index contributed by atoms with van der Waals surface area (Å²) in [6, 6.07) is 5.55. The SMILES string of the molecule is CCOc1ccc(NC(C)c2nc(C3CC3)no2)cc1CO. The summed E-state index contributed by atoms with van der Waals surface area (Å²) < 4.78 is 10.8. The van der Waals surface area contributed by atoms with Crippen molar-refractivity contribution in [2.24, 2.45) is 0 Å². The monoisotopic (exact) mass is 303 g/mol. The fourth-order valence-electron chi connectivity index (χ4n) is 2.33. The molecule has 0 aliphatic heterocycles. The number of nitrogens with zero attached hydrogens (tertiary/aromatic N) is 2. The third-order valence-electron chi connectivity index (χ3n) is 3.68. The van der Waals surface area contributed by atoms with Crippen LogP contribution < -0.4 is 10.1 Å². The lowest BCUT2D eigenvalue weighted by Crippen LogP contribution is -2.08. The molecule has 1 aromatic carbocycles. The smallest absolute Gasteiger partial charge is 0.248 e. The first-order valence-corrected chi connectivity index (χ1v) is 7.68. The van der Waals surface area contributed by atoms with Gasteiger partial charge in [-0.05, 0) is 44.9 Å². The molecule has 1 fully saturated rings. The van der Waals surface area contributed by atoms with Crippen LogP contribution in [0, 0.1) is 0 Å². The van der Waals surface area contributed by atoms with E-state index in [4.69, 9.17) is 9.26 Å². The van der Waals surface area contributed by atoms with Gasteiger partial charge in [0.2, 0.25) is 5.89 Å². The highest BCUT2D eigenvalue weighted by Gasteiger charge is 2.29. The van der Waals surface area contributed by atoms with Gasteiger partial charge in [-0.1, -0.05) is 5.16 Å². The fraction of sp³-hybridized carbons (Fsp3) is 0.500. The predicted octanol–water partition coefficient (Wildman–Crippen LogP) is 3.01. The molecule has 0 saturated heterocycles. The minimum absolute atomic E-state index is 0.0639. The molecule has 1 saturated carbocycles. The molecule has 1 aliphatic rings. The van der Waals surface area contributed by atoms with Crippen molar-refractivity contribution in [2.45, 2.75) is 45.3 Å². The van der Waals surface area contributed by atoms with Gasteiger partial charge in [-0.2, -0.15) is 4.98 Å². The Morgan fingerprint density at radius 2 is 2.27 bits per heavy atom. The van der Waals surface area contributed by atoms with Crippen LogP contribution in [0.3, 0.4) is 0 Å². The minimum atomic E-state index is -0.0931. The molecule has 1 atom stereocenters. The summed E-state index contributed by atoms with van der Waals surface area (Å²) in [5, 5.41) is 16.8. The maximum absolute atomic E-state index is 9.44. The van der Waals surface area contributed by atoms with E-state index < -0.39 is 0 Å². The van der Waals surface area contributed by atoms with Crippen molar-refractivity contribution in [3.63, 3.8) is 0 Å². The maximum atomic E-state index is 9.44. The second kappa shape index (κ2) is 6.36. The number of anilines is 1. The quantitative estimate of drug-likeness (QED) is 0.818.